The van der Waals surface area contributed by atoms with Crippen LogP contribution < -0.4 is 4.74 Å². The van der Waals surface area contributed by atoms with E-state index in [0.717, 1.165) is 44.4 Å². The summed E-state index contributed by atoms with van der Waals surface area (Å²) >= 11 is 0. The van der Waals surface area contributed by atoms with Crippen molar-refractivity contribution < 1.29 is 36.2 Å². The molecule has 2 aliphatic rings. The zero-order valence-electron chi connectivity index (χ0n) is 28.5. The van der Waals surface area contributed by atoms with E-state index in [-0.39, 0.29) is 34.1 Å². The topological polar surface area (TPSA) is 72.7 Å². The molecule has 51 heavy (non-hydrogen) atoms. The van der Waals surface area contributed by atoms with Gasteiger partial charge in [-0.3, -0.25) is 9.69 Å². The third kappa shape index (κ3) is 9.01. The molecule has 2 aromatic carbocycles. The molecular formula is C38H40F5N5O3. The van der Waals surface area contributed by atoms with Gasteiger partial charge in [-0.2, -0.15) is 17.6 Å². The van der Waals surface area contributed by atoms with Gasteiger partial charge in [-0.05, 0) is 91.3 Å². The lowest BCUT2D eigenvalue weighted by molar-refractivity contribution is -0.124. The summed E-state index contributed by atoms with van der Waals surface area (Å²) in [6.45, 7) is 2.58. The van der Waals surface area contributed by atoms with Crippen LogP contribution in [0.3, 0.4) is 0 Å². The van der Waals surface area contributed by atoms with Crippen molar-refractivity contribution in [1.82, 2.24) is 24.6 Å². The van der Waals surface area contributed by atoms with Crippen molar-refractivity contribution in [3.63, 3.8) is 0 Å². The number of allylic oxidation sites excluding steroid dienone is 1. The molecule has 4 heterocycles. The van der Waals surface area contributed by atoms with E-state index in [1.807, 2.05) is 6.08 Å². The second kappa shape index (κ2) is 15.7. The molecule has 0 bridgehead atoms. The minimum Gasteiger partial charge on any atom is -0.473 e. The lowest BCUT2D eigenvalue weighted by atomic mass is 9.88. The van der Waals surface area contributed by atoms with E-state index < -0.39 is 30.6 Å². The number of rotatable bonds is 10. The number of aromatic nitrogens is 3. The molecule has 0 radical (unpaired) electrons. The van der Waals surface area contributed by atoms with Gasteiger partial charge in [0, 0.05) is 57.7 Å². The number of amides is 1. The summed E-state index contributed by atoms with van der Waals surface area (Å²) in [7, 11) is 3.38. The van der Waals surface area contributed by atoms with Crippen molar-refractivity contribution in [1.29, 1.82) is 0 Å². The van der Waals surface area contributed by atoms with E-state index in [1.54, 1.807) is 38.4 Å². The number of hydrogen-bond donors (Lipinski definition) is 0. The second-order valence-corrected chi connectivity index (χ2v) is 13.1. The number of likely N-dealkylation sites (tertiary alicyclic amines) is 1. The molecule has 4 aromatic rings. The van der Waals surface area contributed by atoms with Gasteiger partial charge in [-0.25, -0.2) is 14.1 Å². The Labute approximate surface area is 293 Å². The number of fused-ring (bicyclic) bond motifs is 1. The normalized spacial score (nSPS) is 19.4. The third-order valence-corrected chi connectivity index (χ3v) is 9.09. The van der Waals surface area contributed by atoms with Crippen LogP contribution in [0.1, 0.15) is 61.4 Å². The van der Waals surface area contributed by atoms with E-state index in [1.165, 1.54) is 40.1 Å². The minimum atomic E-state index is -4.62. The molecule has 2 fully saturated rings. The molecule has 13 heteroatoms. The molecule has 2 aliphatic heterocycles. The number of hydrogen-bond acceptors (Lipinski definition) is 6. The Balaban J connectivity index is 1.34. The molecule has 8 nitrogen and oxygen atoms in total. The Morgan fingerprint density at radius 3 is 2.45 bits per heavy atom. The Kier molecular flexibility index (Phi) is 11.2. The highest BCUT2D eigenvalue weighted by atomic mass is 19.4. The second-order valence-electron chi connectivity index (χ2n) is 13.1. The smallest absolute Gasteiger partial charge is 0.393 e. The van der Waals surface area contributed by atoms with Crippen LogP contribution in [-0.2, 0) is 9.53 Å². The third-order valence-electron chi connectivity index (χ3n) is 9.09. The number of piperidine rings is 1. The summed E-state index contributed by atoms with van der Waals surface area (Å²) < 4.78 is 85.6. The summed E-state index contributed by atoms with van der Waals surface area (Å²) in [4.78, 5) is 20.0. The molecule has 0 N–H and O–H groups in total. The highest BCUT2D eigenvalue weighted by Crippen LogP contribution is 2.41. The van der Waals surface area contributed by atoms with Crippen molar-refractivity contribution in [3.8, 4) is 5.88 Å². The molecule has 2 atom stereocenters. The molecule has 0 spiro atoms. The highest BCUT2D eigenvalue weighted by Gasteiger charge is 2.32. The summed E-state index contributed by atoms with van der Waals surface area (Å²) in [5.41, 5.74) is 1.33. The van der Waals surface area contributed by atoms with Gasteiger partial charge in [0.05, 0.1) is 17.3 Å². The Morgan fingerprint density at radius 1 is 1.00 bits per heavy atom. The van der Waals surface area contributed by atoms with Crippen LogP contribution in [0.25, 0.3) is 22.0 Å². The van der Waals surface area contributed by atoms with Gasteiger partial charge in [0.25, 0.3) is 0 Å². The van der Waals surface area contributed by atoms with Crippen molar-refractivity contribution in [2.24, 2.45) is 0 Å². The zero-order chi connectivity index (χ0) is 36.1. The van der Waals surface area contributed by atoms with Crippen molar-refractivity contribution in [2.75, 3.05) is 40.3 Å². The first-order valence-corrected chi connectivity index (χ1v) is 17.0. The SMILES string of the molecule is CN(C)C(=O)/C=C/CN1CCC[C@@H](Oc2ccc(/C(=C(/CC(F)(F)F)c3ccc(F)cc3)c3ccc4c(c3)c(F)nn4C3CCCCO3)cn2)C1. The number of nitrogens with zero attached hydrogens (tertiary/aromatic N) is 5. The quantitative estimate of drug-likeness (QED) is 0.0951. The fourth-order valence-corrected chi connectivity index (χ4v) is 6.59. The summed E-state index contributed by atoms with van der Waals surface area (Å²) in [5, 5.41) is 4.24. The van der Waals surface area contributed by atoms with Crippen LogP contribution in [0.4, 0.5) is 22.0 Å². The fraction of sp³-hybridized carbons (Fsp3) is 0.395. The van der Waals surface area contributed by atoms with Crippen LogP contribution >= 0.6 is 0 Å². The molecule has 270 valence electrons. The predicted octanol–water partition coefficient (Wildman–Crippen LogP) is 7.81. The monoisotopic (exact) mass is 709 g/mol. The largest absolute Gasteiger partial charge is 0.473 e. The first kappa shape index (κ1) is 36.2. The molecule has 2 saturated heterocycles. The Morgan fingerprint density at radius 2 is 1.76 bits per heavy atom. The fourth-order valence-electron chi connectivity index (χ4n) is 6.59. The van der Waals surface area contributed by atoms with E-state index in [4.69, 9.17) is 9.47 Å². The van der Waals surface area contributed by atoms with E-state index in [9.17, 15) is 22.4 Å². The number of alkyl halides is 3. The average molecular weight is 710 g/mol. The molecule has 6 rings (SSSR count). The van der Waals surface area contributed by atoms with E-state index >= 15 is 4.39 Å². The zero-order valence-corrected chi connectivity index (χ0v) is 28.5. The summed E-state index contributed by atoms with van der Waals surface area (Å²) in [6, 6.07) is 12.8. The number of carbonyl (C=O) groups is 1. The van der Waals surface area contributed by atoms with Crippen LogP contribution in [0.2, 0.25) is 0 Å². The molecule has 2 aromatic heterocycles. The first-order valence-electron chi connectivity index (χ1n) is 17.0. The number of ether oxygens (including phenoxy) is 2. The Hall–Kier alpha value is -4.62. The van der Waals surface area contributed by atoms with E-state index in [2.05, 4.69) is 15.0 Å². The standard InChI is InChI=1S/C38H40F5N5O3/c1-46(2)34(49)8-6-19-47-18-5-7-29(24-47)51-33-17-13-27(23-44-33)36(31(22-38(41,42)43)25-10-14-28(39)15-11-25)26-12-16-32-30(21-26)37(40)45-48(32)35-9-3-4-20-50-35/h6,8,10-17,21,23,29,35H,3-5,7,9,18-20,22,24H2,1-2H3/b8-6+,36-31-/t29-,35?/m1/s1. The maximum absolute atomic E-state index is 15.4. The lowest BCUT2D eigenvalue weighted by Crippen LogP contribution is -2.41. The van der Waals surface area contributed by atoms with Gasteiger partial charge >= 0.3 is 6.18 Å². The highest BCUT2D eigenvalue weighted by molar-refractivity contribution is 6.00. The number of carbonyl (C=O) groups excluding carboxylic acids is 1. The predicted molar refractivity (Wildman–Crippen MR) is 184 cm³/mol. The Bertz CT molecular complexity index is 1880. The van der Waals surface area contributed by atoms with Gasteiger partial charge in [0.15, 0.2) is 6.23 Å². The molecule has 1 amide bonds. The molecule has 0 saturated carbocycles. The van der Waals surface area contributed by atoms with Gasteiger partial charge < -0.3 is 14.4 Å². The molecular weight excluding hydrogens is 669 g/mol. The van der Waals surface area contributed by atoms with E-state index in [0.29, 0.717) is 48.6 Å². The first-order chi connectivity index (χ1) is 24.4. The van der Waals surface area contributed by atoms with Crippen LogP contribution in [0, 0.1) is 11.8 Å². The average Bonchev–Trinajstić information content (AvgIpc) is 3.44. The van der Waals surface area contributed by atoms with Gasteiger partial charge in [0.2, 0.25) is 17.7 Å². The molecule has 1 unspecified atom stereocenters. The number of halogens is 5. The maximum Gasteiger partial charge on any atom is 0.393 e. The van der Waals surface area contributed by atoms with Crippen LogP contribution in [-0.4, -0.2) is 83.1 Å². The van der Waals surface area contributed by atoms with Gasteiger partial charge in [-0.15, -0.1) is 5.10 Å². The summed E-state index contributed by atoms with van der Waals surface area (Å²) in [6.07, 6.45) is 2.38. The van der Waals surface area contributed by atoms with Crippen LogP contribution in [0.15, 0.2) is 72.9 Å². The number of benzene rings is 2. The van der Waals surface area contributed by atoms with Crippen molar-refractivity contribution in [3.05, 3.63) is 101 Å². The maximum atomic E-state index is 15.4. The molecule has 0 aliphatic carbocycles. The van der Waals surface area contributed by atoms with Crippen molar-refractivity contribution >= 4 is 28.0 Å². The number of likely N-dealkylation sites (N-methyl/N-ethyl adjacent to an activating group) is 1. The lowest BCUT2D eigenvalue weighted by Gasteiger charge is -2.31. The summed E-state index contributed by atoms with van der Waals surface area (Å²) in [5.74, 6) is -1.14. The van der Waals surface area contributed by atoms with Crippen molar-refractivity contribution in [2.45, 2.75) is 57.0 Å². The minimum absolute atomic E-state index is 0.0930. The number of pyridine rings is 1. The van der Waals surface area contributed by atoms with Crippen LogP contribution in [0.5, 0.6) is 5.88 Å². The van der Waals surface area contributed by atoms with Gasteiger partial charge in [-0.1, -0.05) is 24.3 Å². The van der Waals surface area contributed by atoms with Gasteiger partial charge in [0.1, 0.15) is 11.9 Å².